The second-order valence-electron chi connectivity index (χ2n) is 6.97. The summed E-state index contributed by atoms with van der Waals surface area (Å²) in [6, 6.07) is 11.0. The molecule has 1 heterocycles. The van der Waals surface area contributed by atoms with Gasteiger partial charge in [0.15, 0.2) is 11.5 Å². The number of hydrogen-bond acceptors (Lipinski definition) is 5. The SMILES string of the molecule is CCCCN1C(=O)C(=O)/C(=C(\O)c2cccc(Cl)c2)C1c1ccc(OC)c(OC)c1. The van der Waals surface area contributed by atoms with E-state index in [1.54, 1.807) is 42.5 Å². The van der Waals surface area contributed by atoms with Crippen molar-refractivity contribution in [3.8, 4) is 11.5 Å². The van der Waals surface area contributed by atoms with E-state index in [1.165, 1.54) is 19.1 Å². The van der Waals surface area contributed by atoms with Crippen LogP contribution in [0.5, 0.6) is 11.5 Å². The van der Waals surface area contributed by atoms with E-state index in [1.807, 2.05) is 6.92 Å². The van der Waals surface area contributed by atoms with E-state index in [0.717, 1.165) is 12.8 Å². The van der Waals surface area contributed by atoms with Crippen molar-refractivity contribution in [2.45, 2.75) is 25.8 Å². The molecule has 0 aliphatic carbocycles. The van der Waals surface area contributed by atoms with E-state index in [-0.39, 0.29) is 11.3 Å². The molecule has 7 heteroatoms. The van der Waals surface area contributed by atoms with Gasteiger partial charge < -0.3 is 19.5 Å². The molecule has 158 valence electrons. The molecule has 1 saturated heterocycles. The molecule has 0 saturated carbocycles. The standard InChI is InChI=1S/C23H24ClNO5/c1-4-5-11-25-20(14-9-10-17(29-2)18(13-14)30-3)19(22(27)23(25)28)21(26)15-7-6-8-16(24)12-15/h6-10,12-13,20,26H,4-5,11H2,1-3H3/b21-19-. The number of rotatable bonds is 7. The number of halogens is 1. The zero-order chi connectivity index (χ0) is 21.8. The molecule has 0 aromatic heterocycles. The van der Waals surface area contributed by atoms with Crippen molar-refractivity contribution >= 4 is 29.1 Å². The van der Waals surface area contributed by atoms with Crippen molar-refractivity contribution in [3.63, 3.8) is 0 Å². The molecule has 1 atom stereocenters. The van der Waals surface area contributed by atoms with Crippen LogP contribution in [0.25, 0.3) is 5.76 Å². The average molecular weight is 430 g/mol. The number of methoxy groups -OCH3 is 2. The van der Waals surface area contributed by atoms with Gasteiger partial charge in [-0.1, -0.05) is 43.1 Å². The number of aliphatic hydroxyl groups excluding tert-OH is 1. The molecule has 3 rings (SSSR count). The molecule has 1 aliphatic heterocycles. The summed E-state index contributed by atoms with van der Waals surface area (Å²) in [5.74, 6) is -0.606. The number of likely N-dealkylation sites (tertiary alicyclic amines) is 1. The third kappa shape index (κ3) is 4.00. The largest absolute Gasteiger partial charge is 0.507 e. The van der Waals surface area contributed by atoms with Crippen molar-refractivity contribution in [3.05, 3.63) is 64.2 Å². The van der Waals surface area contributed by atoms with Crippen molar-refractivity contribution < 1.29 is 24.2 Å². The number of amides is 1. The van der Waals surface area contributed by atoms with E-state index in [4.69, 9.17) is 21.1 Å². The molecule has 6 nitrogen and oxygen atoms in total. The highest BCUT2D eigenvalue weighted by atomic mass is 35.5. The Hall–Kier alpha value is -2.99. The van der Waals surface area contributed by atoms with Crippen molar-refractivity contribution in [1.29, 1.82) is 0 Å². The maximum absolute atomic E-state index is 12.9. The lowest BCUT2D eigenvalue weighted by molar-refractivity contribution is -0.139. The monoisotopic (exact) mass is 429 g/mol. The normalized spacial score (nSPS) is 18.0. The molecular formula is C23H24ClNO5. The molecule has 1 fully saturated rings. The van der Waals surface area contributed by atoms with E-state index in [9.17, 15) is 14.7 Å². The van der Waals surface area contributed by atoms with Gasteiger partial charge in [-0.05, 0) is 36.2 Å². The zero-order valence-electron chi connectivity index (χ0n) is 17.1. The lowest BCUT2D eigenvalue weighted by Gasteiger charge is -2.25. The number of benzene rings is 2. The number of carbonyl (C=O) groups is 2. The van der Waals surface area contributed by atoms with Gasteiger partial charge in [-0.3, -0.25) is 9.59 Å². The maximum Gasteiger partial charge on any atom is 0.295 e. The van der Waals surface area contributed by atoms with Crippen LogP contribution in [-0.4, -0.2) is 42.5 Å². The summed E-state index contributed by atoms with van der Waals surface area (Å²) in [4.78, 5) is 27.3. The molecule has 1 amide bonds. The molecular weight excluding hydrogens is 406 g/mol. The van der Waals surface area contributed by atoms with E-state index in [2.05, 4.69) is 0 Å². The number of nitrogens with zero attached hydrogens (tertiary/aromatic N) is 1. The third-order valence-electron chi connectivity index (χ3n) is 5.11. The van der Waals surface area contributed by atoms with Crippen molar-refractivity contribution in [2.75, 3.05) is 20.8 Å². The van der Waals surface area contributed by atoms with E-state index < -0.39 is 17.7 Å². The summed E-state index contributed by atoms with van der Waals surface area (Å²) in [5, 5.41) is 11.4. The minimum Gasteiger partial charge on any atom is -0.507 e. The minimum absolute atomic E-state index is 0.0330. The zero-order valence-corrected chi connectivity index (χ0v) is 17.9. The summed E-state index contributed by atoms with van der Waals surface area (Å²) < 4.78 is 10.7. The highest BCUT2D eigenvalue weighted by Gasteiger charge is 2.46. The van der Waals surface area contributed by atoms with Crippen LogP contribution in [-0.2, 0) is 9.59 Å². The van der Waals surface area contributed by atoms with Gasteiger partial charge in [0.05, 0.1) is 25.8 Å². The first-order valence-electron chi connectivity index (χ1n) is 9.69. The predicted octanol–water partition coefficient (Wildman–Crippen LogP) is 4.58. The first-order chi connectivity index (χ1) is 14.4. The molecule has 2 aromatic carbocycles. The van der Waals surface area contributed by atoms with Gasteiger partial charge in [-0.2, -0.15) is 0 Å². The van der Waals surface area contributed by atoms with Crippen LogP contribution < -0.4 is 9.47 Å². The van der Waals surface area contributed by atoms with E-state index in [0.29, 0.717) is 34.2 Å². The molecule has 1 N–H and O–H groups in total. The minimum atomic E-state index is -0.740. The predicted molar refractivity (Wildman–Crippen MR) is 115 cm³/mol. The van der Waals surface area contributed by atoms with Gasteiger partial charge in [0.1, 0.15) is 5.76 Å². The Morgan fingerprint density at radius 2 is 1.83 bits per heavy atom. The van der Waals surface area contributed by atoms with Crippen LogP contribution in [0.15, 0.2) is 48.0 Å². The first-order valence-corrected chi connectivity index (χ1v) is 10.1. The highest BCUT2D eigenvalue weighted by Crippen LogP contribution is 2.42. The Morgan fingerprint density at radius 3 is 2.47 bits per heavy atom. The van der Waals surface area contributed by atoms with Crippen molar-refractivity contribution in [1.82, 2.24) is 4.90 Å². The molecule has 0 spiro atoms. The lowest BCUT2D eigenvalue weighted by Crippen LogP contribution is -2.30. The highest BCUT2D eigenvalue weighted by molar-refractivity contribution is 6.46. The Morgan fingerprint density at radius 1 is 1.10 bits per heavy atom. The molecule has 0 radical (unpaired) electrons. The summed E-state index contributed by atoms with van der Waals surface area (Å²) in [5.41, 5.74) is 1.05. The topological polar surface area (TPSA) is 76.1 Å². The van der Waals surface area contributed by atoms with Gasteiger partial charge in [0.25, 0.3) is 11.7 Å². The van der Waals surface area contributed by atoms with Crippen LogP contribution in [0.1, 0.15) is 36.9 Å². The van der Waals surface area contributed by atoms with Gasteiger partial charge in [0, 0.05) is 17.1 Å². The summed E-state index contributed by atoms with van der Waals surface area (Å²) in [6.45, 7) is 2.40. The fourth-order valence-corrected chi connectivity index (χ4v) is 3.79. The van der Waals surface area contributed by atoms with Gasteiger partial charge >= 0.3 is 0 Å². The lowest BCUT2D eigenvalue weighted by atomic mass is 9.95. The second kappa shape index (κ2) is 9.22. The molecule has 1 unspecified atom stereocenters. The van der Waals surface area contributed by atoms with Crippen LogP contribution in [0.2, 0.25) is 5.02 Å². The Balaban J connectivity index is 2.20. The van der Waals surface area contributed by atoms with Crippen LogP contribution in [0.3, 0.4) is 0 Å². The van der Waals surface area contributed by atoms with E-state index >= 15 is 0 Å². The van der Waals surface area contributed by atoms with Gasteiger partial charge in [-0.15, -0.1) is 0 Å². The van der Waals surface area contributed by atoms with Crippen LogP contribution >= 0.6 is 11.6 Å². The third-order valence-corrected chi connectivity index (χ3v) is 5.35. The van der Waals surface area contributed by atoms with Gasteiger partial charge in [0.2, 0.25) is 0 Å². The van der Waals surface area contributed by atoms with Gasteiger partial charge in [-0.25, -0.2) is 0 Å². The summed E-state index contributed by atoms with van der Waals surface area (Å²) >= 11 is 6.06. The number of carbonyl (C=O) groups excluding carboxylic acids is 2. The molecule has 2 aromatic rings. The fourth-order valence-electron chi connectivity index (χ4n) is 3.60. The second-order valence-corrected chi connectivity index (χ2v) is 7.41. The Labute approximate surface area is 180 Å². The average Bonchev–Trinajstić information content (AvgIpc) is 3.01. The smallest absolute Gasteiger partial charge is 0.295 e. The summed E-state index contributed by atoms with van der Waals surface area (Å²) in [7, 11) is 3.05. The fraction of sp³-hybridized carbons (Fsp3) is 0.304. The molecule has 30 heavy (non-hydrogen) atoms. The number of hydrogen-bond donors (Lipinski definition) is 1. The first kappa shape index (κ1) is 21.7. The molecule has 0 bridgehead atoms. The van der Waals surface area contributed by atoms with Crippen LogP contribution in [0.4, 0.5) is 0 Å². The number of ether oxygens (including phenoxy) is 2. The van der Waals surface area contributed by atoms with Crippen molar-refractivity contribution in [2.24, 2.45) is 0 Å². The number of unbranched alkanes of at least 4 members (excludes halogenated alkanes) is 1. The number of Topliss-reactive ketones (excluding diaryl/α,β-unsaturated/α-hetero) is 1. The number of aliphatic hydroxyl groups is 1. The van der Waals surface area contributed by atoms with Crippen LogP contribution in [0, 0.1) is 0 Å². The maximum atomic E-state index is 12.9. The Bertz CT molecular complexity index is 1000. The number of ketones is 1. The quantitative estimate of drug-likeness (QED) is 0.396. The summed E-state index contributed by atoms with van der Waals surface area (Å²) in [6.07, 6.45) is 1.59. The Kier molecular flexibility index (Phi) is 6.67. The molecule has 1 aliphatic rings.